The summed E-state index contributed by atoms with van der Waals surface area (Å²) in [6, 6.07) is 3.21. The van der Waals surface area contributed by atoms with Crippen molar-refractivity contribution >= 4 is 21.6 Å². The summed E-state index contributed by atoms with van der Waals surface area (Å²) in [4.78, 5) is 0. The van der Waals surface area contributed by atoms with Crippen molar-refractivity contribution in [3.8, 4) is 0 Å². The molecule has 98 valence electrons. The van der Waals surface area contributed by atoms with Crippen LogP contribution in [0.5, 0.6) is 0 Å². The molecule has 0 saturated carbocycles. The molecule has 0 radical (unpaired) electrons. The standard InChI is InChI=1S/C11H18ClNO3S/c1-8(6-12)7-17(14,15)13-10(3)11-5-4-9(2)16-11/h4-5,8,10,13H,6-7H2,1-3H3. The van der Waals surface area contributed by atoms with Crippen LogP contribution < -0.4 is 4.72 Å². The molecule has 0 aromatic carbocycles. The first-order valence-electron chi connectivity index (χ1n) is 5.46. The van der Waals surface area contributed by atoms with Crippen LogP contribution in [0.15, 0.2) is 16.5 Å². The van der Waals surface area contributed by atoms with E-state index in [4.69, 9.17) is 16.0 Å². The smallest absolute Gasteiger partial charge is 0.212 e. The predicted molar refractivity (Wildman–Crippen MR) is 68.7 cm³/mol. The van der Waals surface area contributed by atoms with Crippen molar-refractivity contribution < 1.29 is 12.8 Å². The fourth-order valence-electron chi connectivity index (χ4n) is 1.48. The highest BCUT2D eigenvalue weighted by Gasteiger charge is 2.20. The number of furan rings is 1. The van der Waals surface area contributed by atoms with Crippen LogP contribution >= 0.6 is 11.6 Å². The van der Waals surface area contributed by atoms with Crippen LogP contribution in [0.4, 0.5) is 0 Å². The highest BCUT2D eigenvalue weighted by atomic mass is 35.5. The summed E-state index contributed by atoms with van der Waals surface area (Å²) < 4.78 is 31.5. The highest BCUT2D eigenvalue weighted by molar-refractivity contribution is 7.89. The molecule has 0 aliphatic carbocycles. The molecule has 17 heavy (non-hydrogen) atoms. The molecule has 0 saturated heterocycles. The minimum absolute atomic E-state index is 0.0283. The van der Waals surface area contributed by atoms with E-state index in [-0.39, 0.29) is 17.7 Å². The summed E-state index contributed by atoms with van der Waals surface area (Å²) >= 11 is 5.60. The van der Waals surface area contributed by atoms with Gasteiger partial charge in [0, 0.05) is 5.88 Å². The third-order valence-electron chi connectivity index (χ3n) is 2.31. The van der Waals surface area contributed by atoms with Gasteiger partial charge in [-0.3, -0.25) is 0 Å². The zero-order valence-corrected chi connectivity index (χ0v) is 11.8. The van der Waals surface area contributed by atoms with Crippen LogP contribution in [-0.4, -0.2) is 20.1 Å². The van der Waals surface area contributed by atoms with Crippen molar-refractivity contribution in [3.63, 3.8) is 0 Å². The molecule has 0 spiro atoms. The maximum absolute atomic E-state index is 11.8. The number of aryl methyl sites for hydroxylation is 1. The number of alkyl halides is 1. The van der Waals surface area contributed by atoms with Gasteiger partial charge in [-0.2, -0.15) is 0 Å². The fraction of sp³-hybridized carbons (Fsp3) is 0.636. The average Bonchev–Trinajstić information content (AvgIpc) is 2.63. The molecule has 0 fully saturated rings. The zero-order valence-electron chi connectivity index (χ0n) is 10.2. The summed E-state index contributed by atoms with van der Waals surface area (Å²) in [5, 5.41) is 0. The van der Waals surface area contributed by atoms with Crippen LogP contribution in [0, 0.1) is 12.8 Å². The van der Waals surface area contributed by atoms with E-state index in [9.17, 15) is 8.42 Å². The van der Waals surface area contributed by atoms with Crippen molar-refractivity contribution in [1.29, 1.82) is 0 Å². The molecule has 6 heteroatoms. The molecular weight excluding hydrogens is 262 g/mol. The normalized spacial score (nSPS) is 15.8. The van der Waals surface area contributed by atoms with Crippen LogP contribution in [-0.2, 0) is 10.0 Å². The third kappa shape index (κ3) is 4.69. The zero-order chi connectivity index (χ0) is 13.1. The Morgan fingerprint density at radius 3 is 2.53 bits per heavy atom. The Morgan fingerprint density at radius 2 is 2.06 bits per heavy atom. The van der Waals surface area contributed by atoms with Crippen molar-refractivity contribution in [1.82, 2.24) is 4.72 Å². The van der Waals surface area contributed by atoms with E-state index < -0.39 is 10.0 Å². The molecular formula is C11H18ClNO3S. The van der Waals surface area contributed by atoms with Gasteiger partial charge in [-0.15, -0.1) is 11.6 Å². The van der Waals surface area contributed by atoms with E-state index in [1.54, 1.807) is 19.9 Å². The van der Waals surface area contributed by atoms with Gasteiger partial charge in [-0.05, 0) is 31.9 Å². The summed E-state index contributed by atoms with van der Waals surface area (Å²) in [7, 11) is -3.33. The topological polar surface area (TPSA) is 59.3 Å². The van der Waals surface area contributed by atoms with E-state index in [1.165, 1.54) is 0 Å². The Balaban J connectivity index is 2.64. The molecule has 0 amide bonds. The van der Waals surface area contributed by atoms with E-state index in [2.05, 4.69) is 4.72 Å². The lowest BCUT2D eigenvalue weighted by atomic mass is 10.3. The maximum Gasteiger partial charge on any atom is 0.212 e. The summed E-state index contributed by atoms with van der Waals surface area (Å²) in [6.07, 6.45) is 0. The van der Waals surface area contributed by atoms with Gasteiger partial charge < -0.3 is 4.42 Å². The van der Waals surface area contributed by atoms with Crippen molar-refractivity contribution in [2.24, 2.45) is 5.92 Å². The minimum Gasteiger partial charge on any atom is -0.465 e. The summed E-state index contributed by atoms with van der Waals surface area (Å²) in [5.74, 6) is 1.67. The molecule has 0 bridgehead atoms. The summed E-state index contributed by atoms with van der Waals surface area (Å²) in [6.45, 7) is 5.37. The number of halogens is 1. The Hall–Kier alpha value is -0.520. The molecule has 1 heterocycles. The van der Waals surface area contributed by atoms with Gasteiger partial charge in [0.25, 0.3) is 0 Å². The molecule has 0 aliphatic rings. The van der Waals surface area contributed by atoms with Gasteiger partial charge >= 0.3 is 0 Å². The quantitative estimate of drug-likeness (QED) is 0.814. The number of nitrogens with one attached hydrogen (secondary N) is 1. The molecule has 1 rings (SSSR count). The number of rotatable bonds is 6. The van der Waals surface area contributed by atoms with Crippen LogP contribution in [0.25, 0.3) is 0 Å². The monoisotopic (exact) mass is 279 g/mol. The second-order valence-electron chi connectivity index (χ2n) is 4.33. The second kappa shape index (κ2) is 5.89. The third-order valence-corrected chi connectivity index (χ3v) is 4.56. The van der Waals surface area contributed by atoms with Crippen LogP contribution in [0.1, 0.15) is 31.4 Å². The van der Waals surface area contributed by atoms with E-state index in [0.29, 0.717) is 11.6 Å². The van der Waals surface area contributed by atoms with E-state index >= 15 is 0 Å². The van der Waals surface area contributed by atoms with Gasteiger partial charge in [0.05, 0.1) is 11.8 Å². The molecule has 4 nitrogen and oxygen atoms in total. The molecule has 1 aromatic rings. The molecule has 1 aromatic heterocycles. The molecule has 2 unspecified atom stereocenters. The maximum atomic E-state index is 11.8. The first-order chi connectivity index (χ1) is 7.84. The summed E-state index contributed by atoms with van der Waals surface area (Å²) in [5.41, 5.74) is 0. The van der Waals surface area contributed by atoms with Crippen LogP contribution in [0.3, 0.4) is 0 Å². The molecule has 0 aliphatic heterocycles. The lowest BCUT2D eigenvalue weighted by Crippen LogP contribution is -2.31. The molecule has 2 atom stereocenters. The lowest BCUT2D eigenvalue weighted by Gasteiger charge is -2.14. The number of sulfonamides is 1. The number of hydrogen-bond acceptors (Lipinski definition) is 3. The molecule has 1 N–H and O–H groups in total. The van der Waals surface area contributed by atoms with Gasteiger partial charge in [0.15, 0.2) is 0 Å². The van der Waals surface area contributed by atoms with Gasteiger partial charge in [-0.25, -0.2) is 13.1 Å². The second-order valence-corrected chi connectivity index (χ2v) is 6.44. The largest absolute Gasteiger partial charge is 0.465 e. The lowest BCUT2D eigenvalue weighted by molar-refractivity contribution is 0.440. The minimum atomic E-state index is -3.33. The fourth-order valence-corrected chi connectivity index (χ4v) is 3.34. The number of hydrogen-bond donors (Lipinski definition) is 1. The van der Waals surface area contributed by atoms with E-state index in [0.717, 1.165) is 5.76 Å². The first-order valence-corrected chi connectivity index (χ1v) is 7.65. The average molecular weight is 280 g/mol. The van der Waals surface area contributed by atoms with Gasteiger partial charge in [0.1, 0.15) is 11.5 Å². The van der Waals surface area contributed by atoms with E-state index in [1.807, 2.05) is 13.0 Å². The first kappa shape index (κ1) is 14.5. The van der Waals surface area contributed by atoms with Crippen molar-refractivity contribution in [2.75, 3.05) is 11.6 Å². The van der Waals surface area contributed by atoms with Gasteiger partial charge in [0.2, 0.25) is 10.0 Å². The van der Waals surface area contributed by atoms with Gasteiger partial charge in [-0.1, -0.05) is 6.92 Å². The van der Waals surface area contributed by atoms with Crippen molar-refractivity contribution in [3.05, 3.63) is 23.7 Å². The Labute approximate surface area is 107 Å². The van der Waals surface area contributed by atoms with Crippen molar-refractivity contribution in [2.45, 2.75) is 26.8 Å². The Kier molecular flexibility index (Phi) is 5.04. The Bertz CT molecular complexity index is 455. The highest BCUT2D eigenvalue weighted by Crippen LogP contribution is 2.17. The predicted octanol–water partition coefficient (Wildman–Crippen LogP) is 2.44. The Morgan fingerprint density at radius 1 is 1.41 bits per heavy atom. The van der Waals surface area contributed by atoms with Crippen LogP contribution in [0.2, 0.25) is 0 Å². The SMILES string of the molecule is Cc1ccc(C(C)NS(=O)(=O)CC(C)CCl)o1.